The van der Waals surface area contributed by atoms with Crippen LogP contribution in [0.1, 0.15) is 46.0 Å². The summed E-state index contributed by atoms with van der Waals surface area (Å²) in [4.78, 5) is 0. The molecule has 0 heterocycles. The first-order valence-corrected chi connectivity index (χ1v) is 7.23. The van der Waals surface area contributed by atoms with Crippen LogP contribution >= 0.6 is 0 Å². The summed E-state index contributed by atoms with van der Waals surface area (Å²) < 4.78 is 46.7. The van der Waals surface area contributed by atoms with Crippen molar-refractivity contribution in [1.29, 1.82) is 0 Å². The molecule has 0 rings (SSSR count). The molecule has 2 nitrogen and oxygen atoms in total. The Morgan fingerprint density at radius 1 is 1.00 bits per heavy atom. The van der Waals surface area contributed by atoms with Gasteiger partial charge in [-0.25, -0.2) is 0 Å². The number of alkyl halides is 3. The van der Waals surface area contributed by atoms with Gasteiger partial charge in [0.15, 0.2) is 0 Å². The quantitative estimate of drug-likeness (QED) is 0.691. The third-order valence-electron chi connectivity index (χ3n) is 2.27. The topological polar surface area (TPSA) is 37.3 Å². The van der Waals surface area contributed by atoms with Crippen LogP contribution in [0.3, 0.4) is 0 Å². The Balaban J connectivity index is 3.47. The van der Waals surface area contributed by atoms with Crippen molar-refractivity contribution in [2.45, 2.75) is 57.7 Å². The highest BCUT2D eigenvalue weighted by Crippen LogP contribution is 2.20. The molecular weight excluding hydrogens is 253 g/mol. The zero-order valence-electron chi connectivity index (χ0n) is 10.3. The van der Waals surface area contributed by atoms with Gasteiger partial charge >= 0.3 is 6.18 Å². The van der Waals surface area contributed by atoms with E-state index in [9.17, 15) is 22.5 Å². The van der Waals surface area contributed by atoms with E-state index in [1.807, 2.05) is 0 Å². The monoisotopic (exact) mass is 274 g/mol. The van der Waals surface area contributed by atoms with Crippen molar-refractivity contribution >= 4 is 10.8 Å². The van der Waals surface area contributed by atoms with Crippen molar-refractivity contribution in [2.24, 2.45) is 0 Å². The van der Waals surface area contributed by atoms with E-state index in [1.165, 1.54) is 0 Å². The molecule has 0 aromatic carbocycles. The molecule has 0 amide bonds. The minimum atomic E-state index is -4.21. The van der Waals surface area contributed by atoms with E-state index in [0.29, 0.717) is 18.6 Å². The number of hydrogen-bond donors (Lipinski definition) is 1. The van der Waals surface area contributed by atoms with Gasteiger partial charge in [-0.1, -0.05) is 12.8 Å². The summed E-state index contributed by atoms with van der Waals surface area (Å²) in [5, 5.41) is 9.41. The highest BCUT2D eigenvalue weighted by atomic mass is 32.2. The first-order valence-electron chi connectivity index (χ1n) is 5.74. The molecule has 0 radical (unpaired) electrons. The van der Waals surface area contributed by atoms with Crippen LogP contribution in [-0.2, 0) is 10.8 Å². The molecule has 0 aromatic heterocycles. The molecule has 0 bridgehead atoms. The number of hydrogen-bond acceptors (Lipinski definition) is 2. The second-order valence-corrected chi connectivity index (χ2v) is 6.53. The lowest BCUT2D eigenvalue weighted by Gasteiger charge is -2.16. The summed E-state index contributed by atoms with van der Waals surface area (Å²) in [6, 6.07) is 0. The largest absolute Gasteiger partial charge is 0.390 e. The lowest BCUT2D eigenvalue weighted by molar-refractivity contribution is -0.129. The van der Waals surface area contributed by atoms with Crippen LogP contribution in [0.15, 0.2) is 0 Å². The summed E-state index contributed by atoms with van der Waals surface area (Å²) in [6.45, 7) is 3.43. The standard InChI is InChI=1S/C11H21F3O2S/c1-10(2,15)6-4-3-5-8-17(16)9-7-11(12,13)14/h15H,3-9H2,1-2H3. The van der Waals surface area contributed by atoms with Crippen molar-refractivity contribution in [1.82, 2.24) is 0 Å². The van der Waals surface area contributed by atoms with Crippen molar-refractivity contribution in [3.05, 3.63) is 0 Å². The van der Waals surface area contributed by atoms with Crippen molar-refractivity contribution in [3.8, 4) is 0 Å². The molecule has 0 saturated carbocycles. The molecule has 1 N–H and O–H groups in total. The van der Waals surface area contributed by atoms with Gasteiger partial charge in [0.1, 0.15) is 0 Å². The highest BCUT2D eigenvalue weighted by Gasteiger charge is 2.27. The average Bonchev–Trinajstić information content (AvgIpc) is 2.11. The van der Waals surface area contributed by atoms with Crippen LogP contribution in [-0.4, -0.2) is 32.6 Å². The Hall–Kier alpha value is -0.100. The molecule has 0 spiro atoms. The first-order chi connectivity index (χ1) is 7.60. The molecule has 0 saturated heterocycles. The third kappa shape index (κ3) is 13.8. The zero-order chi connectivity index (χ0) is 13.5. The first kappa shape index (κ1) is 16.9. The molecule has 0 aliphatic heterocycles. The summed E-state index contributed by atoms with van der Waals surface area (Å²) in [7, 11) is -1.37. The van der Waals surface area contributed by atoms with E-state index < -0.39 is 29.0 Å². The molecule has 0 aromatic rings. The van der Waals surface area contributed by atoms with Crippen LogP contribution < -0.4 is 0 Å². The lowest BCUT2D eigenvalue weighted by atomic mass is 10.0. The van der Waals surface area contributed by atoms with E-state index in [2.05, 4.69) is 0 Å². The van der Waals surface area contributed by atoms with Gasteiger partial charge in [0.05, 0.1) is 12.0 Å². The summed E-state index contributed by atoms with van der Waals surface area (Å²) >= 11 is 0. The number of rotatable bonds is 8. The van der Waals surface area contributed by atoms with E-state index >= 15 is 0 Å². The van der Waals surface area contributed by atoms with Crippen LogP contribution in [0.25, 0.3) is 0 Å². The average molecular weight is 274 g/mol. The minimum Gasteiger partial charge on any atom is -0.390 e. The fraction of sp³-hybridized carbons (Fsp3) is 1.00. The Bertz CT molecular complexity index is 234. The van der Waals surface area contributed by atoms with Gasteiger partial charge in [-0.3, -0.25) is 4.21 Å². The van der Waals surface area contributed by atoms with Gasteiger partial charge < -0.3 is 5.11 Å². The smallest absolute Gasteiger partial charge is 0.390 e. The van der Waals surface area contributed by atoms with E-state index in [-0.39, 0.29) is 5.75 Å². The Morgan fingerprint density at radius 3 is 2.06 bits per heavy atom. The Kier molecular flexibility index (Phi) is 7.32. The van der Waals surface area contributed by atoms with Gasteiger partial charge in [0.25, 0.3) is 0 Å². The molecule has 0 aliphatic carbocycles. The second kappa shape index (κ2) is 7.36. The molecule has 6 heteroatoms. The van der Waals surface area contributed by atoms with Crippen molar-refractivity contribution in [3.63, 3.8) is 0 Å². The molecule has 0 fully saturated rings. The maximum absolute atomic E-state index is 11.8. The molecular formula is C11H21F3O2S. The summed E-state index contributed by atoms with van der Waals surface area (Å²) in [5.74, 6) is 0.0247. The van der Waals surface area contributed by atoms with Crippen molar-refractivity contribution < 1.29 is 22.5 Å². The predicted octanol–water partition coefficient (Wildman–Crippen LogP) is 3.02. The van der Waals surface area contributed by atoms with Gasteiger partial charge in [-0.15, -0.1) is 0 Å². The van der Waals surface area contributed by atoms with Crippen LogP contribution in [0.2, 0.25) is 0 Å². The van der Waals surface area contributed by atoms with E-state index in [0.717, 1.165) is 12.8 Å². The van der Waals surface area contributed by atoms with E-state index in [1.54, 1.807) is 13.8 Å². The summed E-state index contributed by atoms with van der Waals surface area (Å²) in [5.41, 5.74) is -0.699. The molecule has 104 valence electrons. The van der Waals surface area contributed by atoms with Crippen molar-refractivity contribution in [2.75, 3.05) is 11.5 Å². The fourth-order valence-electron chi connectivity index (χ4n) is 1.33. The number of aliphatic hydroxyl groups is 1. The van der Waals surface area contributed by atoms with E-state index in [4.69, 9.17) is 0 Å². The lowest BCUT2D eigenvalue weighted by Crippen LogP contribution is -2.18. The number of halogens is 3. The maximum Gasteiger partial charge on any atom is 0.390 e. The fourth-order valence-corrected chi connectivity index (χ4v) is 2.52. The third-order valence-corrected chi connectivity index (χ3v) is 3.68. The predicted molar refractivity (Wildman–Crippen MR) is 63.3 cm³/mol. The van der Waals surface area contributed by atoms with Crippen LogP contribution in [0.5, 0.6) is 0 Å². The maximum atomic E-state index is 11.8. The molecule has 1 atom stereocenters. The van der Waals surface area contributed by atoms with Gasteiger partial charge in [0, 0.05) is 22.3 Å². The molecule has 0 aliphatic rings. The minimum absolute atomic E-state index is 0.297. The highest BCUT2D eigenvalue weighted by molar-refractivity contribution is 7.84. The molecule has 1 unspecified atom stereocenters. The number of unbranched alkanes of at least 4 members (excludes halogenated alkanes) is 2. The Morgan fingerprint density at radius 2 is 1.59 bits per heavy atom. The van der Waals surface area contributed by atoms with Crippen LogP contribution in [0, 0.1) is 0 Å². The normalized spacial score (nSPS) is 14.9. The zero-order valence-corrected chi connectivity index (χ0v) is 11.2. The van der Waals surface area contributed by atoms with Gasteiger partial charge in [-0.2, -0.15) is 13.2 Å². The van der Waals surface area contributed by atoms with Gasteiger partial charge in [0.2, 0.25) is 0 Å². The second-order valence-electron chi connectivity index (χ2n) is 4.84. The van der Waals surface area contributed by atoms with Gasteiger partial charge in [-0.05, 0) is 26.7 Å². The van der Waals surface area contributed by atoms with Crippen LogP contribution in [0.4, 0.5) is 13.2 Å². The Labute approximate surface area is 103 Å². The molecule has 17 heavy (non-hydrogen) atoms. The summed E-state index contributed by atoms with van der Waals surface area (Å²) in [6.07, 6.45) is -2.27. The SMILES string of the molecule is CC(C)(O)CCCCCS(=O)CCC(F)(F)F.